The molecule has 2 aromatic carbocycles. The Morgan fingerprint density at radius 1 is 1.03 bits per heavy atom. The van der Waals surface area contributed by atoms with Crippen molar-refractivity contribution in [2.24, 2.45) is 0 Å². The van der Waals surface area contributed by atoms with Crippen LogP contribution in [0.25, 0.3) is 11.5 Å². The Labute approximate surface area is 169 Å². The number of piperazine rings is 1. The van der Waals surface area contributed by atoms with E-state index in [1.807, 2.05) is 30.3 Å². The van der Waals surface area contributed by atoms with Crippen LogP contribution < -0.4 is 9.64 Å². The summed E-state index contributed by atoms with van der Waals surface area (Å²) in [5.41, 5.74) is 0.886. The molecule has 0 amide bonds. The molecular weight excluding hydrogens is 392 g/mol. The summed E-state index contributed by atoms with van der Waals surface area (Å²) in [5, 5.41) is 8.25. The monoisotopic (exact) mass is 415 g/mol. The van der Waals surface area contributed by atoms with Crippen LogP contribution in [0, 0.1) is 0 Å². The molecule has 3 aromatic rings. The van der Waals surface area contributed by atoms with E-state index < -0.39 is 10.0 Å². The molecule has 2 heterocycles. The van der Waals surface area contributed by atoms with Crippen molar-refractivity contribution in [3.05, 3.63) is 60.5 Å². The number of nitrogens with one attached hydrogen (secondary N) is 1. The van der Waals surface area contributed by atoms with Crippen LogP contribution in [0.5, 0.6) is 5.75 Å². The van der Waals surface area contributed by atoms with E-state index in [0.717, 1.165) is 5.56 Å². The van der Waals surface area contributed by atoms with Gasteiger partial charge in [-0.2, -0.15) is 4.31 Å². The summed E-state index contributed by atoms with van der Waals surface area (Å²) in [4.78, 5) is 1.50. The van der Waals surface area contributed by atoms with Crippen molar-refractivity contribution in [2.75, 3.05) is 33.3 Å². The average molecular weight is 415 g/mol. The highest BCUT2D eigenvalue weighted by Crippen LogP contribution is 2.20. The van der Waals surface area contributed by atoms with Crippen molar-refractivity contribution in [1.29, 1.82) is 0 Å². The van der Waals surface area contributed by atoms with Crippen LogP contribution in [0.2, 0.25) is 0 Å². The molecule has 0 bridgehead atoms. The van der Waals surface area contributed by atoms with Crippen molar-refractivity contribution in [1.82, 2.24) is 14.5 Å². The molecule has 29 heavy (non-hydrogen) atoms. The fourth-order valence-electron chi connectivity index (χ4n) is 3.35. The number of aromatic nitrogens is 2. The average Bonchev–Trinajstić information content (AvgIpc) is 3.23. The van der Waals surface area contributed by atoms with Gasteiger partial charge < -0.3 is 14.1 Å². The van der Waals surface area contributed by atoms with E-state index in [9.17, 15) is 8.42 Å². The number of hydrogen-bond donors (Lipinski definition) is 1. The zero-order valence-corrected chi connectivity index (χ0v) is 16.9. The zero-order chi connectivity index (χ0) is 20.3. The molecule has 0 aliphatic carbocycles. The second-order valence-electron chi connectivity index (χ2n) is 6.87. The number of methoxy groups -OCH3 is 1. The molecule has 1 saturated heterocycles. The van der Waals surface area contributed by atoms with Gasteiger partial charge in [0.15, 0.2) is 6.54 Å². The SMILES string of the molecule is COc1ccc(S(=O)(=O)N2CC[NH+](Cc3nnc(-c4ccccc4)o3)CC2)cc1. The third kappa shape index (κ3) is 4.31. The minimum atomic E-state index is -3.50. The summed E-state index contributed by atoms with van der Waals surface area (Å²) < 4.78 is 38.1. The van der Waals surface area contributed by atoms with Crippen LogP contribution in [0.1, 0.15) is 5.89 Å². The maximum Gasteiger partial charge on any atom is 0.271 e. The van der Waals surface area contributed by atoms with Crippen LogP contribution >= 0.6 is 0 Å². The standard InChI is InChI=1S/C20H22N4O4S/c1-27-17-7-9-18(10-8-17)29(25,26)24-13-11-23(12-14-24)15-19-21-22-20(28-19)16-5-3-2-4-6-16/h2-10H,11-15H2,1H3/p+1. The summed E-state index contributed by atoms with van der Waals surface area (Å²) in [6.07, 6.45) is 0. The smallest absolute Gasteiger partial charge is 0.271 e. The second kappa shape index (κ2) is 8.32. The molecule has 0 atom stereocenters. The van der Waals surface area contributed by atoms with Crippen molar-refractivity contribution < 1.29 is 22.5 Å². The fraction of sp³-hybridized carbons (Fsp3) is 0.300. The first-order valence-corrected chi connectivity index (χ1v) is 10.9. The van der Waals surface area contributed by atoms with Gasteiger partial charge in [0.1, 0.15) is 5.75 Å². The minimum Gasteiger partial charge on any atom is -0.497 e. The lowest BCUT2D eigenvalue weighted by Gasteiger charge is -2.30. The highest BCUT2D eigenvalue weighted by Gasteiger charge is 2.31. The Morgan fingerprint density at radius 3 is 2.38 bits per heavy atom. The third-order valence-electron chi connectivity index (χ3n) is 5.02. The summed E-state index contributed by atoms with van der Waals surface area (Å²) in [5.74, 6) is 1.69. The maximum atomic E-state index is 12.8. The van der Waals surface area contributed by atoms with Gasteiger partial charge in [-0.25, -0.2) is 8.42 Å². The lowest BCUT2D eigenvalue weighted by molar-refractivity contribution is -0.918. The van der Waals surface area contributed by atoms with Crippen molar-refractivity contribution in [3.63, 3.8) is 0 Å². The molecular formula is C20H23N4O4S+. The van der Waals surface area contributed by atoms with Gasteiger partial charge >= 0.3 is 0 Å². The minimum absolute atomic E-state index is 0.283. The molecule has 0 spiro atoms. The number of rotatable bonds is 6. The number of sulfonamides is 1. The summed E-state index contributed by atoms with van der Waals surface area (Å²) >= 11 is 0. The van der Waals surface area contributed by atoms with Gasteiger partial charge in [0, 0.05) is 5.56 Å². The molecule has 0 unspecified atom stereocenters. The van der Waals surface area contributed by atoms with Crippen LogP contribution in [0.3, 0.4) is 0 Å². The zero-order valence-electron chi connectivity index (χ0n) is 16.1. The molecule has 1 N–H and O–H groups in total. The molecule has 1 aliphatic rings. The molecule has 9 heteroatoms. The lowest BCUT2D eigenvalue weighted by Crippen LogP contribution is -3.13. The topological polar surface area (TPSA) is 90.0 Å². The molecule has 0 radical (unpaired) electrons. The van der Waals surface area contributed by atoms with Crippen LogP contribution in [0.15, 0.2) is 63.9 Å². The van der Waals surface area contributed by atoms with Gasteiger partial charge in [-0.3, -0.25) is 0 Å². The van der Waals surface area contributed by atoms with E-state index >= 15 is 0 Å². The van der Waals surface area contributed by atoms with E-state index in [1.54, 1.807) is 31.4 Å². The van der Waals surface area contributed by atoms with Crippen LogP contribution in [0.4, 0.5) is 0 Å². The Balaban J connectivity index is 1.36. The van der Waals surface area contributed by atoms with E-state index in [-0.39, 0.29) is 4.90 Å². The maximum absolute atomic E-state index is 12.8. The molecule has 1 aromatic heterocycles. The summed E-state index contributed by atoms with van der Waals surface area (Å²) in [6.45, 7) is 2.83. The molecule has 1 aliphatic heterocycles. The Kier molecular flexibility index (Phi) is 5.61. The number of nitrogens with zero attached hydrogens (tertiary/aromatic N) is 3. The van der Waals surface area contributed by atoms with Gasteiger partial charge in [-0.05, 0) is 36.4 Å². The Hall–Kier alpha value is -2.75. The summed E-state index contributed by atoms with van der Waals surface area (Å²) in [6, 6.07) is 16.1. The quantitative estimate of drug-likeness (QED) is 0.642. The first-order chi connectivity index (χ1) is 14.1. The van der Waals surface area contributed by atoms with Gasteiger partial charge in [-0.15, -0.1) is 10.2 Å². The van der Waals surface area contributed by atoms with E-state index in [0.29, 0.717) is 50.3 Å². The highest BCUT2D eigenvalue weighted by atomic mass is 32.2. The van der Waals surface area contributed by atoms with Crippen molar-refractivity contribution >= 4 is 10.0 Å². The third-order valence-corrected chi connectivity index (χ3v) is 6.93. The van der Waals surface area contributed by atoms with Gasteiger partial charge in [0.25, 0.3) is 5.89 Å². The van der Waals surface area contributed by atoms with Gasteiger partial charge in [-0.1, -0.05) is 18.2 Å². The van der Waals surface area contributed by atoms with Crippen LogP contribution in [-0.2, 0) is 16.6 Å². The normalized spacial score (nSPS) is 16.0. The lowest BCUT2D eigenvalue weighted by atomic mass is 10.2. The molecule has 1 fully saturated rings. The largest absolute Gasteiger partial charge is 0.497 e. The van der Waals surface area contributed by atoms with E-state index in [1.165, 1.54) is 9.21 Å². The van der Waals surface area contributed by atoms with Gasteiger partial charge in [0.2, 0.25) is 15.9 Å². The van der Waals surface area contributed by atoms with Gasteiger partial charge in [0.05, 0.1) is 38.2 Å². The molecule has 152 valence electrons. The highest BCUT2D eigenvalue weighted by molar-refractivity contribution is 7.89. The number of ether oxygens (including phenoxy) is 1. The predicted octanol–water partition coefficient (Wildman–Crippen LogP) is 0.835. The molecule has 4 rings (SSSR count). The van der Waals surface area contributed by atoms with E-state index in [2.05, 4.69) is 10.2 Å². The second-order valence-corrected chi connectivity index (χ2v) is 8.81. The number of benzene rings is 2. The number of hydrogen-bond acceptors (Lipinski definition) is 6. The van der Waals surface area contributed by atoms with Crippen molar-refractivity contribution in [3.8, 4) is 17.2 Å². The number of quaternary nitrogens is 1. The molecule has 8 nitrogen and oxygen atoms in total. The fourth-order valence-corrected chi connectivity index (χ4v) is 4.79. The first-order valence-electron chi connectivity index (χ1n) is 9.42. The first kappa shape index (κ1) is 19.6. The Morgan fingerprint density at radius 2 is 1.72 bits per heavy atom. The van der Waals surface area contributed by atoms with E-state index in [4.69, 9.17) is 9.15 Å². The van der Waals surface area contributed by atoms with Crippen LogP contribution in [-0.4, -0.2) is 56.2 Å². The predicted molar refractivity (Wildman–Crippen MR) is 106 cm³/mol. The Bertz CT molecular complexity index is 1040. The molecule has 0 saturated carbocycles. The summed E-state index contributed by atoms with van der Waals surface area (Å²) in [7, 11) is -1.95. The van der Waals surface area contributed by atoms with Crippen molar-refractivity contribution in [2.45, 2.75) is 11.4 Å².